The monoisotopic (exact) mass is 455 g/mol. The summed E-state index contributed by atoms with van der Waals surface area (Å²) in [5.74, 6) is 1.65. The van der Waals surface area contributed by atoms with Gasteiger partial charge in [-0.05, 0) is 17.3 Å². The normalized spacial score (nSPS) is 12.1. The van der Waals surface area contributed by atoms with Crippen LogP contribution in [0.15, 0.2) is 0 Å². The molecule has 0 fully saturated rings. The fourth-order valence-electron chi connectivity index (χ4n) is 3.94. The van der Waals surface area contributed by atoms with Gasteiger partial charge in [0.1, 0.15) is 0 Å². The highest BCUT2D eigenvalue weighted by atomic mass is 35.5. The van der Waals surface area contributed by atoms with E-state index in [9.17, 15) is 0 Å². The maximum Gasteiger partial charge on any atom is -0.0305 e. The minimum absolute atomic E-state index is 0. The van der Waals surface area contributed by atoms with Gasteiger partial charge in [0, 0.05) is 0 Å². The molecule has 3 N–H and O–H groups in total. The number of unbranched alkanes of at least 4 members (excludes halogenated alkanes) is 15. The van der Waals surface area contributed by atoms with Gasteiger partial charge in [0.25, 0.3) is 0 Å². The molecule has 0 aromatic heterocycles. The van der Waals surface area contributed by atoms with Gasteiger partial charge in [-0.15, -0.1) is 24.8 Å². The Balaban J connectivity index is -0.00000104. The molecule has 0 spiro atoms. The lowest BCUT2D eigenvalue weighted by molar-refractivity contribution is 0.140. The van der Waals surface area contributed by atoms with E-state index in [4.69, 9.17) is 0 Å². The van der Waals surface area contributed by atoms with E-state index >= 15 is 0 Å². The summed E-state index contributed by atoms with van der Waals surface area (Å²) < 4.78 is 0. The first-order chi connectivity index (χ1) is 12.4. The summed E-state index contributed by atoms with van der Waals surface area (Å²) in [6.45, 7) is 14.4. The van der Waals surface area contributed by atoms with Gasteiger partial charge < -0.3 is 6.15 Å². The van der Waals surface area contributed by atoms with Gasteiger partial charge in [0.15, 0.2) is 0 Å². The molecule has 182 valence electrons. The third-order valence-corrected chi connectivity index (χ3v) is 7.25. The molecule has 0 aromatic rings. The zero-order valence-corrected chi connectivity index (χ0v) is 22.8. The highest BCUT2D eigenvalue weighted by Crippen LogP contribution is 2.37. The van der Waals surface area contributed by atoms with Gasteiger partial charge in [0.2, 0.25) is 0 Å². The Hall–Kier alpha value is 0.540. The Kier molecular flexibility index (Phi) is 31.6. The Morgan fingerprint density at radius 1 is 0.517 bits per heavy atom. The first kappa shape index (κ1) is 36.9. The lowest BCUT2D eigenvalue weighted by Gasteiger charge is -2.36. The molecule has 1 nitrogen and oxygen atoms in total. The fourth-order valence-corrected chi connectivity index (χ4v) is 3.94. The predicted molar refractivity (Wildman–Crippen MR) is 141 cm³/mol. The van der Waals surface area contributed by atoms with Gasteiger partial charge in [-0.2, -0.15) is 0 Å². The fraction of sp³-hybridized carbons (Fsp3) is 1.00. The number of halogens is 2. The van der Waals surface area contributed by atoms with E-state index in [2.05, 4.69) is 41.5 Å². The van der Waals surface area contributed by atoms with E-state index in [1.165, 1.54) is 109 Å². The molecular weight excluding hydrogens is 397 g/mol. The summed E-state index contributed by atoms with van der Waals surface area (Å²) in [5.41, 5.74) is 0.496. The Bertz CT molecular complexity index is 292. The van der Waals surface area contributed by atoms with Crippen LogP contribution in [0.1, 0.15) is 151 Å². The van der Waals surface area contributed by atoms with Crippen molar-refractivity contribution in [2.24, 2.45) is 17.3 Å². The van der Waals surface area contributed by atoms with Gasteiger partial charge in [-0.3, -0.25) is 0 Å². The van der Waals surface area contributed by atoms with Crippen molar-refractivity contribution < 1.29 is 0 Å². The summed E-state index contributed by atoms with van der Waals surface area (Å²) >= 11 is 0. The zero-order valence-electron chi connectivity index (χ0n) is 21.2. The molecule has 0 radical (unpaired) electrons. The van der Waals surface area contributed by atoms with Crippen molar-refractivity contribution in [3.05, 3.63) is 0 Å². The highest BCUT2D eigenvalue weighted by molar-refractivity contribution is 5.85. The molecule has 0 amide bonds. The predicted octanol–water partition coefficient (Wildman–Crippen LogP) is 11.0. The van der Waals surface area contributed by atoms with E-state index in [1.807, 2.05) is 0 Å². The molecule has 0 aliphatic heterocycles. The van der Waals surface area contributed by atoms with Crippen molar-refractivity contribution in [1.29, 1.82) is 0 Å². The van der Waals surface area contributed by atoms with Gasteiger partial charge in [-0.1, -0.05) is 151 Å². The van der Waals surface area contributed by atoms with Crippen LogP contribution in [0, 0.1) is 17.3 Å². The van der Waals surface area contributed by atoms with E-state index in [1.54, 1.807) is 0 Å². The molecule has 0 aromatic carbocycles. The molecule has 0 aliphatic carbocycles. The van der Waals surface area contributed by atoms with Crippen molar-refractivity contribution >= 4 is 24.8 Å². The summed E-state index contributed by atoms with van der Waals surface area (Å²) in [5, 5.41) is 0. The second kappa shape index (κ2) is 24.8. The molecule has 29 heavy (non-hydrogen) atoms. The maximum absolute atomic E-state index is 2.46. The van der Waals surface area contributed by atoms with Crippen LogP contribution < -0.4 is 6.15 Å². The molecule has 3 heteroatoms. The third-order valence-electron chi connectivity index (χ3n) is 7.25. The Morgan fingerprint density at radius 3 is 1.07 bits per heavy atom. The van der Waals surface area contributed by atoms with Crippen molar-refractivity contribution in [3.8, 4) is 0 Å². The molecule has 0 saturated carbocycles. The topological polar surface area (TPSA) is 35.0 Å². The molecule has 0 rings (SSSR count). The molecule has 1 atom stereocenters. The second-order valence-electron chi connectivity index (χ2n) is 9.97. The SMILES string of the molecule is CCCCCCCCCCCCCCCCCCC(C)C(C)(C)C(C)C.Cl.Cl.N. The van der Waals surface area contributed by atoms with E-state index < -0.39 is 0 Å². The average molecular weight is 457 g/mol. The minimum atomic E-state index is 0. The zero-order chi connectivity index (χ0) is 19.7. The molecule has 0 aliphatic rings. The summed E-state index contributed by atoms with van der Waals surface area (Å²) in [6.07, 6.45) is 24.8. The van der Waals surface area contributed by atoms with Gasteiger partial charge in [-0.25, -0.2) is 0 Å². The number of rotatable bonds is 19. The Morgan fingerprint density at radius 2 is 0.793 bits per heavy atom. The van der Waals surface area contributed by atoms with E-state index in [0.717, 1.165) is 11.8 Å². The smallest absolute Gasteiger partial charge is 0.0305 e. The molecule has 0 bridgehead atoms. The number of hydrogen-bond acceptors (Lipinski definition) is 1. The standard InChI is InChI=1S/C26H54.2ClH.H3N/c1-7-8-9-10-11-12-13-14-15-16-17-18-19-20-21-22-23-25(4)26(5,6)24(2)3;;;/h24-25H,7-23H2,1-6H3;2*1H;1H3. The summed E-state index contributed by atoms with van der Waals surface area (Å²) in [7, 11) is 0. The van der Waals surface area contributed by atoms with E-state index in [0.29, 0.717) is 5.41 Å². The first-order valence-electron chi connectivity index (χ1n) is 12.4. The second-order valence-corrected chi connectivity index (χ2v) is 9.97. The first-order valence-corrected chi connectivity index (χ1v) is 12.4. The molecule has 0 heterocycles. The lowest BCUT2D eigenvalue weighted by Crippen LogP contribution is -2.27. The largest absolute Gasteiger partial charge is 0.344 e. The third kappa shape index (κ3) is 21.6. The van der Waals surface area contributed by atoms with E-state index in [-0.39, 0.29) is 31.0 Å². The average Bonchev–Trinajstić information content (AvgIpc) is 2.60. The Labute approximate surface area is 198 Å². The van der Waals surface area contributed by atoms with Crippen molar-refractivity contribution in [3.63, 3.8) is 0 Å². The van der Waals surface area contributed by atoms with Gasteiger partial charge in [0.05, 0.1) is 0 Å². The number of hydrogen-bond donors (Lipinski definition) is 1. The van der Waals surface area contributed by atoms with Crippen LogP contribution in [0.4, 0.5) is 0 Å². The lowest BCUT2D eigenvalue weighted by atomic mass is 9.70. The highest BCUT2D eigenvalue weighted by Gasteiger charge is 2.28. The molecule has 0 saturated heterocycles. The van der Waals surface area contributed by atoms with Crippen LogP contribution in [0.3, 0.4) is 0 Å². The van der Waals surface area contributed by atoms with Crippen molar-refractivity contribution in [2.75, 3.05) is 0 Å². The van der Waals surface area contributed by atoms with Crippen molar-refractivity contribution in [1.82, 2.24) is 6.15 Å². The molecular formula is C26H59Cl2N. The van der Waals surface area contributed by atoms with Crippen molar-refractivity contribution in [2.45, 2.75) is 151 Å². The quantitative estimate of drug-likeness (QED) is 0.193. The molecule has 1 unspecified atom stereocenters. The summed E-state index contributed by atoms with van der Waals surface area (Å²) in [4.78, 5) is 0. The van der Waals surface area contributed by atoms with Crippen LogP contribution in [-0.4, -0.2) is 0 Å². The minimum Gasteiger partial charge on any atom is -0.344 e. The van der Waals surface area contributed by atoms with Gasteiger partial charge >= 0.3 is 0 Å². The van der Waals surface area contributed by atoms with Crippen LogP contribution in [-0.2, 0) is 0 Å². The van der Waals surface area contributed by atoms with Crippen LogP contribution in [0.25, 0.3) is 0 Å². The van der Waals surface area contributed by atoms with Crippen LogP contribution >= 0.6 is 24.8 Å². The maximum atomic E-state index is 2.46. The van der Waals surface area contributed by atoms with Crippen LogP contribution in [0.5, 0.6) is 0 Å². The van der Waals surface area contributed by atoms with Crippen LogP contribution in [0.2, 0.25) is 0 Å². The summed E-state index contributed by atoms with van der Waals surface area (Å²) in [6, 6.07) is 0.